The fourth-order valence-electron chi connectivity index (χ4n) is 3.14. The molecule has 35 heavy (non-hydrogen) atoms. The minimum Gasteiger partial charge on any atom is -0.489 e. The molecule has 0 bridgehead atoms. The van der Waals surface area contributed by atoms with Crippen molar-refractivity contribution in [1.82, 2.24) is 10.3 Å². The van der Waals surface area contributed by atoms with Gasteiger partial charge in [-0.25, -0.2) is 19.4 Å². The van der Waals surface area contributed by atoms with Gasteiger partial charge in [0.1, 0.15) is 12.4 Å². The van der Waals surface area contributed by atoms with Gasteiger partial charge in [-0.15, -0.1) is 0 Å². The van der Waals surface area contributed by atoms with Gasteiger partial charge in [0.2, 0.25) is 0 Å². The number of nitrogens with one attached hydrogen (secondary N) is 3. The maximum atomic E-state index is 12.5. The Morgan fingerprint density at radius 2 is 1.94 bits per heavy atom. The Labute approximate surface area is 202 Å². The van der Waals surface area contributed by atoms with Crippen LogP contribution in [-0.4, -0.2) is 50.2 Å². The third-order valence-electron chi connectivity index (χ3n) is 5.02. The van der Waals surface area contributed by atoms with Crippen LogP contribution in [0.4, 0.5) is 19.3 Å². The molecule has 2 aromatic carbocycles. The monoisotopic (exact) mass is 489 g/mol. The van der Waals surface area contributed by atoms with Crippen molar-refractivity contribution < 1.29 is 27.8 Å². The largest absolute Gasteiger partial charge is 0.489 e. The lowest BCUT2D eigenvalue weighted by atomic mass is 10.0. The number of benzene rings is 2. The van der Waals surface area contributed by atoms with E-state index in [4.69, 9.17) is 20.7 Å². The predicted molar refractivity (Wildman–Crippen MR) is 129 cm³/mol. The second-order valence-corrected chi connectivity index (χ2v) is 7.60. The summed E-state index contributed by atoms with van der Waals surface area (Å²) in [5, 5.41) is 14.6. The van der Waals surface area contributed by atoms with Crippen molar-refractivity contribution in [2.75, 3.05) is 26.0 Å². The van der Waals surface area contributed by atoms with E-state index in [2.05, 4.69) is 10.6 Å². The molecule has 0 radical (unpaired) electrons. The van der Waals surface area contributed by atoms with Crippen LogP contribution in [0.1, 0.15) is 22.3 Å². The highest BCUT2D eigenvalue weighted by molar-refractivity contribution is 6.21. The number of rotatable bonds is 11. The number of hydrogen-bond donors (Lipinski definition) is 4. The van der Waals surface area contributed by atoms with Gasteiger partial charge >= 0.3 is 6.03 Å². The Kier molecular flexibility index (Phi) is 9.71. The standard InChI is InChI=1S/C24H29F2N5O4/c1-14-6-5-7-19(30-24(33)31(4)28)18(14)12-34-20-9-8-16(10-15(20)2)22(27)17(11-32)23(29-3)35-13-21(25)26/h5-11,21,27,29H,12-13,28H2,1-4H3,(H,30,33)/b23-17+,27-22?. The summed E-state index contributed by atoms with van der Waals surface area (Å²) in [7, 11) is 2.84. The molecule has 2 aromatic rings. The number of nitrogens with two attached hydrogens (primary N) is 1. The lowest BCUT2D eigenvalue weighted by molar-refractivity contribution is -0.104. The Balaban J connectivity index is 2.24. The van der Waals surface area contributed by atoms with E-state index in [-0.39, 0.29) is 23.8 Å². The van der Waals surface area contributed by atoms with Crippen molar-refractivity contribution in [3.63, 3.8) is 0 Å². The smallest absolute Gasteiger partial charge is 0.335 e. The average Bonchev–Trinajstić information content (AvgIpc) is 2.81. The van der Waals surface area contributed by atoms with Gasteiger partial charge in [-0.2, -0.15) is 0 Å². The Bertz CT molecular complexity index is 1120. The second kappa shape index (κ2) is 12.5. The fraction of sp³-hybridized carbons (Fsp3) is 0.292. The van der Waals surface area contributed by atoms with Crippen LogP contribution in [0.3, 0.4) is 0 Å². The number of allylic oxidation sites excluding steroid dienone is 1. The van der Waals surface area contributed by atoms with Crippen molar-refractivity contribution in [3.8, 4) is 5.75 Å². The molecule has 0 aliphatic carbocycles. The molecular weight excluding hydrogens is 460 g/mol. The lowest BCUT2D eigenvalue weighted by Crippen LogP contribution is -2.37. The van der Waals surface area contributed by atoms with Crippen LogP contribution < -0.4 is 21.2 Å². The number of anilines is 1. The molecule has 0 aliphatic rings. The van der Waals surface area contributed by atoms with E-state index in [1.165, 1.54) is 14.1 Å². The summed E-state index contributed by atoms with van der Waals surface area (Å²) in [5.41, 5.74) is 2.91. The van der Waals surface area contributed by atoms with Crippen LogP contribution in [0.25, 0.3) is 0 Å². The Hall–Kier alpha value is -3.99. The van der Waals surface area contributed by atoms with Crippen LogP contribution >= 0.6 is 0 Å². The van der Waals surface area contributed by atoms with Crippen LogP contribution in [0, 0.1) is 19.3 Å². The zero-order valence-corrected chi connectivity index (χ0v) is 19.9. The van der Waals surface area contributed by atoms with E-state index < -0.39 is 19.1 Å². The van der Waals surface area contributed by atoms with Crippen molar-refractivity contribution in [2.45, 2.75) is 26.9 Å². The zero-order valence-electron chi connectivity index (χ0n) is 19.9. The first kappa shape index (κ1) is 27.3. The number of aryl methyl sites for hydroxylation is 2. The molecule has 188 valence electrons. The van der Waals surface area contributed by atoms with Crippen molar-refractivity contribution >= 4 is 23.7 Å². The number of ether oxygens (including phenoxy) is 2. The molecule has 0 aromatic heterocycles. The first-order valence-electron chi connectivity index (χ1n) is 10.6. The maximum absolute atomic E-state index is 12.5. The molecule has 0 saturated heterocycles. The molecule has 0 fully saturated rings. The van der Waals surface area contributed by atoms with Crippen molar-refractivity contribution in [2.24, 2.45) is 5.84 Å². The molecule has 0 aliphatic heterocycles. The summed E-state index contributed by atoms with van der Waals surface area (Å²) < 4.78 is 35.9. The van der Waals surface area contributed by atoms with Crippen LogP contribution in [0.15, 0.2) is 47.9 Å². The lowest BCUT2D eigenvalue weighted by Gasteiger charge is -2.18. The summed E-state index contributed by atoms with van der Waals surface area (Å²) >= 11 is 0. The van der Waals surface area contributed by atoms with Gasteiger partial charge in [0.15, 0.2) is 18.8 Å². The van der Waals surface area contributed by atoms with Gasteiger partial charge in [0.25, 0.3) is 6.43 Å². The van der Waals surface area contributed by atoms with E-state index >= 15 is 0 Å². The summed E-state index contributed by atoms with van der Waals surface area (Å²) in [6, 6.07) is 9.83. The number of amides is 2. The number of alkyl halides is 2. The van der Waals surface area contributed by atoms with Crippen molar-refractivity contribution in [3.05, 3.63) is 70.1 Å². The molecule has 5 N–H and O–H groups in total. The van der Waals surface area contributed by atoms with Crippen LogP contribution in [-0.2, 0) is 16.1 Å². The molecule has 0 unspecified atom stereocenters. The van der Waals surface area contributed by atoms with Gasteiger partial charge in [-0.1, -0.05) is 12.1 Å². The number of carbonyl (C=O) groups is 2. The number of urea groups is 1. The molecule has 0 heterocycles. The number of nitrogens with zero attached hydrogens (tertiary/aromatic N) is 1. The molecule has 0 saturated carbocycles. The molecule has 9 nitrogen and oxygen atoms in total. The van der Waals surface area contributed by atoms with Crippen LogP contribution in [0.2, 0.25) is 0 Å². The van der Waals surface area contributed by atoms with E-state index in [1.54, 1.807) is 37.3 Å². The number of halogens is 2. The molecule has 2 amide bonds. The number of aldehydes is 1. The van der Waals surface area contributed by atoms with Gasteiger partial charge in [-0.3, -0.25) is 15.2 Å². The Morgan fingerprint density at radius 1 is 1.23 bits per heavy atom. The molecule has 0 spiro atoms. The highest BCUT2D eigenvalue weighted by Crippen LogP contribution is 2.26. The molecule has 2 rings (SSSR count). The first-order valence-corrected chi connectivity index (χ1v) is 10.6. The molecular formula is C24H29F2N5O4. The third kappa shape index (κ3) is 7.24. The zero-order chi connectivity index (χ0) is 26.1. The summed E-state index contributed by atoms with van der Waals surface area (Å²) in [5.74, 6) is 5.80. The van der Waals surface area contributed by atoms with E-state index in [0.717, 1.165) is 16.1 Å². The van der Waals surface area contributed by atoms with Gasteiger partial charge in [0, 0.05) is 30.9 Å². The minimum absolute atomic E-state index is 0.152. The molecule has 11 heteroatoms. The third-order valence-corrected chi connectivity index (χ3v) is 5.02. The maximum Gasteiger partial charge on any atom is 0.335 e. The number of hydrazine groups is 1. The minimum atomic E-state index is -2.72. The first-order chi connectivity index (χ1) is 16.6. The topological polar surface area (TPSA) is 130 Å². The van der Waals surface area contributed by atoms with E-state index in [0.29, 0.717) is 28.8 Å². The second-order valence-electron chi connectivity index (χ2n) is 7.60. The van der Waals surface area contributed by atoms with Gasteiger partial charge < -0.3 is 20.1 Å². The highest BCUT2D eigenvalue weighted by Gasteiger charge is 2.17. The van der Waals surface area contributed by atoms with Crippen molar-refractivity contribution in [1.29, 1.82) is 5.41 Å². The predicted octanol–water partition coefficient (Wildman–Crippen LogP) is 3.50. The summed E-state index contributed by atoms with van der Waals surface area (Å²) in [4.78, 5) is 23.6. The SMILES string of the molecule is CN/C(OCC(F)F)=C(/C=O)C(=N)c1ccc(OCc2c(C)cccc2NC(=O)N(C)N)c(C)c1. The summed E-state index contributed by atoms with van der Waals surface area (Å²) in [6.45, 7) is 2.90. The number of carbonyl (C=O) groups excluding carboxylic acids is 2. The van der Waals surface area contributed by atoms with E-state index in [9.17, 15) is 18.4 Å². The average molecular weight is 490 g/mol. The van der Waals surface area contributed by atoms with Gasteiger partial charge in [0.05, 0.1) is 11.3 Å². The Morgan fingerprint density at radius 3 is 2.51 bits per heavy atom. The summed E-state index contributed by atoms with van der Waals surface area (Å²) in [6.07, 6.45) is -2.34. The van der Waals surface area contributed by atoms with Gasteiger partial charge in [-0.05, 0) is 49.2 Å². The van der Waals surface area contributed by atoms with E-state index in [1.807, 2.05) is 13.0 Å². The highest BCUT2D eigenvalue weighted by atomic mass is 19.3. The normalized spacial score (nSPS) is 11.4. The quantitative estimate of drug-likeness (QED) is 0.0727. The fourth-order valence-corrected chi connectivity index (χ4v) is 3.14. The van der Waals surface area contributed by atoms with Crippen LogP contribution in [0.5, 0.6) is 5.75 Å². The number of hydrogen-bond acceptors (Lipinski definition) is 7. The molecule has 0 atom stereocenters.